The zero-order chi connectivity index (χ0) is 13.9. The van der Waals surface area contributed by atoms with Gasteiger partial charge in [0.1, 0.15) is 5.56 Å². The molecule has 0 saturated carbocycles. The highest BCUT2D eigenvalue weighted by Gasteiger charge is 2.28. The number of nitrogens with zero attached hydrogens (tertiary/aromatic N) is 1. The highest BCUT2D eigenvalue weighted by atomic mass is 16.6. The second-order valence-electron chi connectivity index (χ2n) is 3.52. The Hall–Kier alpha value is -2.28. The molecule has 0 amide bonds. The molecule has 1 aromatic carbocycles. The lowest BCUT2D eigenvalue weighted by Crippen LogP contribution is -2.16. The van der Waals surface area contributed by atoms with E-state index in [2.05, 4.69) is 0 Å². The molecule has 7 nitrogen and oxygen atoms in total. The van der Waals surface area contributed by atoms with Gasteiger partial charge >= 0.3 is 5.97 Å². The summed E-state index contributed by atoms with van der Waals surface area (Å²) < 4.78 is 0. The monoisotopic (exact) mass is 253 g/mol. The van der Waals surface area contributed by atoms with Crippen molar-refractivity contribution in [1.82, 2.24) is 0 Å². The number of aliphatic carboxylic acids is 1. The minimum atomic E-state index is -1.96. The summed E-state index contributed by atoms with van der Waals surface area (Å²) in [6.45, 7) is 1.50. The minimum absolute atomic E-state index is 0.0236. The van der Waals surface area contributed by atoms with Crippen molar-refractivity contribution in [2.75, 3.05) is 0 Å². The first-order valence-electron chi connectivity index (χ1n) is 5.11. The summed E-state index contributed by atoms with van der Waals surface area (Å²) in [5.74, 6) is -2.15. The third-order valence-electron chi connectivity index (χ3n) is 2.40. The van der Waals surface area contributed by atoms with Crippen molar-refractivity contribution in [3.05, 3.63) is 39.4 Å². The predicted molar refractivity (Wildman–Crippen MR) is 60.3 cm³/mol. The van der Waals surface area contributed by atoms with Crippen LogP contribution in [0.3, 0.4) is 0 Å². The van der Waals surface area contributed by atoms with Crippen molar-refractivity contribution in [3.8, 4) is 0 Å². The Morgan fingerprint density at radius 2 is 2.06 bits per heavy atom. The van der Waals surface area contributed by atoms with E-state index in [4.69, 9.17) is 5.11 Å². The van der Waals surface area contributed by atoms with E-state index in [-0.39, 0.29) is 17.5 Å². The van der Waals surface area contributed by atoms with Gasteiger partial charge in [0.05, 0.1) is 4.92 Å². The molecule has 0 aliphatic carbocycles. The first-order valence-corrected chi connectivity index (χ1v) is 5.11. The summed E-state index contributed by atoms with van der Waals surface area (Å²) in [4.78, 5) is 32.4. The highest BCUT2D eigenvalue weighted by Crippen LogP contribution is 2.28. The molecule has 0 heterocycles. The Labute approximate surface area is 102 Å². The Kier molecular flexibility index (Phi) is 4.11. The molecule has 1 aromatic rings. The molecule has 96 valence electrons. The molecule has 0 fully saturated rings. The number of ketones is 1. The number of carboxylic acid groups (broad SMARTS) is 1. The average molecular weight is 253 g/mol. The lowest BCUT2D eigenvalue weighted by molar-refractivity contribution is -0.385. The number of nitro benzene ring substituents is 1. The van der Waals surface area contributed by atoms with Gasteiger partial charge in [0, 0.05) is 18.1 Å². The quantitative estimate of drug-likeness (QED) is 0.464. The molecule has 1 atom stereocenters. The molecule has 7 heteroatoms. The number of rotatable bonds is 5. The molecule has 0 bridgehead atoms. The number of nitro groups is 1. The van der Waals surface area contributed by atoms with Crippen molar-refractivity contribution in [3.63, 3.8) is 0 Å². The van der Waals surface area contributed by atoms with Gasteiger partial charge in [-0.05, 0) is 0 Å². The van der Waals surface area contributed by atoms with Crippen LogP contribution < -0.4 is 0 Å². The number of carbonyl (C=O) groups excluding carboxylic acids is 1. The van der Waals surface area contributed by atoms with Gasteiger partial charge < -0.3 is 10.2 Å². The molecule has 1 unspecified atom stereocenters. The van der Waals surface area contributed by atoms with Crippen LogP contribution in [-0.2, 0) is 4.79 Å². The zero-order valence-electron chi connectivity index (χ0n) is 9.49. The summed E-state index contributed by atoms with van der Waals surface area (Å²) in [6.07, 6.45) is -1.99. The molecule has 18 heavy (non-hydrogen) atoms. The van der Waals surface area contributed by atoms with Gasteiger partial charge in [0.15, 0.2) is 11.9 Å². The maximum Gasteiger partial charge on any atom is 0.337 e. The SMILES string of the molecule is CCC(=O)c1c(C(O)C(=O)O)cccc1[N+](=O)[O-]. The first kappa shape index (κ1) is 13.8. The molecule has 1 rings (SSSR count). The Balaban J connectivity index is 3.51. The van der Waals surface area contributed by atoms with E-state index in [1.54, 1.807) is 0 Å². The van der Waals surface area contributed by atoms with Crippen LogP contribution in [0.25, 0.3) is 0 Å². The lowest BCUT2D eigenvalue weighted by atomic mass is 9.96. The van der Waals surface area contributed by atoms with E-state index in [1.165, 1.54) is 19.1 Å². The topological polar surface area (TPSA) is 118 Å². The summed E-state index contributed by atoms with van der Waals surface area (Å²) >= 11 is 0. The van der Waals surface area contributed by atoms with Gasteiger partial charge in [-0.1, -0.05) is 19.1 Å². The largest absolute Gasteiger partial charge is 0.479 e. The standard InChI is InChI=1S/C11H11NO6/c1-2-8(13)9-6(10(14)11(15)16)4-3-5-7(9)12(17)18/h3-5,10,14H,2H2,1H3,(H,15,16). The van der Waals surface area contributed by atoms with Crippen molar-refractivity contribution in [2.45, 2.75) is 19.4 Å². The number of aliphatic hydroxyl groups is 1. The van der Waals surface area contributed by atoms with Crippen LogP contribution in [-0.4, -0.2) is 26.9 Å². The second kappa shape index (κ2) is 5.37. The number of carboxylic acids is 1. The molecule has 0 aliphatic heterocycles. The average Bonchev–Trinajstić information content (AvgIpc) is 2.35. The summed E-state index contributed by atoms with van der Waals surface area (Å²) in [7, 11) is 0. The van der Waals surface area contributed by atoms with E-state index in [0.717, 1.165) is 6.07 Å². The van der Waals surface area contributed by atoms with E-state index < -0.39 is 28.5 Å². The van der Waals surface area contributed by atoms with Crippen molar-refractivity contribution >= 4 is 17.4 Å². The molecular formula is C11H11NO6. The molecule has 0 aliphatic rings. The van der Waals surface area contributed by atoms with Gasteiger partial charge in [-0.25, -0.2) is 4.79 Å². The van der Waals surface area contributed by atoms with Crippen molar-refractivity contribution in [1.29, 1.82) is 0 Å². The number of benzene rings is 1. The smallest absolute Gasteiger partial charge is 0.337 e. The number of Topliss-reactive ketones (excluding diaryl/α,β-unsaturated/α-hetero) is 1. The Bertz CT molecular complexity index is 510. The molecule has 0 aromatic heterocycles. The second-order valence-corrected chi connectivity index (χ2v) is 3.52. The lowest BCUT2D eigenvalue weighted by Gasteiger charge is -2.11. The molecule has 0 spiro atoms. The fourth-order valence-electron chi connectivity index (χ4n) is 1.55. The molecule has 0 saturated heterocycles. The van der Waals surface area contributed by atoms with Crippen molar-refractivity contribution < 1.29 is 24.7 Å². The summed E-state index contributed by atoms with van der Waals surface area (Å²) in [6, 6.07) is 3.52. The van der Waals surface area contributed by atoms with Crippen LogP contribution in [0.5, 0.6) is 0 Å². The number of hydrogen-bond donors (Lipinski definition) is 2. The summed E-state index contributed by atoms with van der Waals surface area (Å²) in [5, 5.41) is 29.0. The highest BCUT2D eigenvalue weighted by molar-refractivity contribution is 6.02. The Morgan fingerprint density at radius 1 is 1.44 bits per heavy atom. The van der Waals surface area contributed by atoms with Gasteiger partial charge in [-0.15, -0.1) is 0 Å². The maximum absolute atomic E-state index is 11.7. The van der Waals surface area contributed by atoms with Gasteiger partial charge in [0.2, 0.25) is 0 Å². The zero-order valence-corrected chi connectivity index (χ0v) is 9.49. The molecule has 2 N–H and O–H groups in total. The van der Waals surface area contributed by atoms with Crippen LogP contribution in [0.2, 0.25) is 0 Å². The fourth-order valence-corrected chi connectivity index (χ4v) is 1.55. The van der Waals surface area contributed by atoms with Crippen LogP contribution in [0.15, 0.2) is 18.2 Å². The number of aliphatic hydroxyl groups excluding tert-OH is 1. The van der Waals surface area contributed by atoms with Crippen LogP contribution in [0, 0.1) is 10.1 Å². The van der Waals surface area contributed by atoms with Crippen LogP contribution in [0.4, 0.5) is 5.69 Å². The van der Waals surface area contributed by atoms with Gasteiger partial charge in [0.25, 0.3) is 5.69 Å². The predicted octanol–water partition coefficient (Wildman–Crippen LogP) is 1.31. The number of hydrogen-bond acceptors (Lipinski definition) is 5. The maximum atomic E-state index is 11.7. The normalized spacial score (nSPS) is 11.9. The number of carbonyl (C=O) groups is 2. The van der Waals surface area contributed by atoms with E-state index >= 15 is 0 Å². The van der Waals surface area contributed by atoms with Gasteiger partial charge in [-0.2, -0.15) is 0 Å². The molecular weight excluding hydrogens is 242 g/mol. The van der Waals surface area contributed by atoms with Gasteiger partial charge in [-0.3, -0.25) is 14.9 Å². The van der Waals surface area contributed by atoms with E-state index in [0.29, 0.717) is 0 Å². The fraction of sp³-hybridized carbons (Fsp3) is 0.273. The summed E-state index contributed by atoms with van der Waals surface area (Å²) in [5.41, 5.74) is -1.11. The van der Waals surface area contributed by atoms with Crippen LogP contribution >= 0.6 is 0 Å². The minimum Gasteiger partial charge on any atom is -0.479 e. The third-order valence-corrected chi connectivity index (χ3v) is 2.40. The van der Waals surface area contributed by atoms with Crippen molar-refractivity contribution in [2.24, 2.45) is 0 Å². The Morgan fingerprint density at radius 3 is 2.50 bits per heavy atom. The third kappa shape index (κ3) is 2.51. The van der Waals surface area contributed by atoms with E-state index in [1.807, 2.05) is 0 Å². The van der Waals surface area contributed by atoms with E-state index in [9.17, 15) is 24.8 Å². The van der Waals surface area contributed by atoms with Crippen LogP contribution in [0.1, 0.15) is 35.4 Å². The first-order chi connectivity index (χ1) is 8.40. The molecule has 0 radical (unpaired) electrons.